The standard InChI is InChI=1S/C11H13NO5S/c1-11(4-5-18(16,17)7-11)12-6-8(10(14)15)2-3-9(12)13/h2-3,6H,4-5,7H2,1H3,(H,14,15). The number of carbonyl (C=O) groups is 1. The lowest BCUT2D eigenvalue weighted by Crippen LogP contribution is -2.39. The maximum Gasteiger partial charge on any atom is 0.337 e. The first kappa shape index (κ1) is 12.8. The van der Waals surface area contributed by atoms with Crippen molar-refractivity contribution in [3.63, 3.8) is 0 Å². The molecule has 1 unspecified atom stereocenters. The zero-order valence-corrected chi connectivity index (χ0v) is 10.6. The molecule has 7 heteroatoms. The number of hydrogen-bond acceptors (Lipinski definition) is 4. The molecule has 0 bridgehead atoms. The molecule has 0 saturated carbocycles. The molecule has 0 spiro atoms. The van der Waals surface area contributed by atoms with E-state index in [4.69, 9.17) is 5.11 Å². The second kappa shape index (κ2) is 3.94. The summed E-state index contributed by atoms with van der Waals surface area (Å²) in [5.74, 6) is -1.26. The highest BCUT2D eigenvalue weighted by Gasteiger charge is 2.40. The highest BCUT2D eigenvalue weighted by molar-refractivity contribution is 7.91. The van der Waals surface area contributed by atoms with Crippen LogP contribution in [-0.2, 0) is 15.4 Å². The molecule has 1 aliphatic heterocycles. The van der Waals surface area contributed by atoms with Crippen molar-refractivity contribution in [1.82, 2.24) is 4.57 Å². The van der Waals surface area contributed by atoms with E-state index in [2.05, 4.69) is 0 Å². The van der Waals surface area contributed by atoms with Crippen molar-refractivity contribution in [1.29, 1.82) is 0 Å². The Morgan fingerprint density at radius 1 is 1.44 bits per heavy atom. The number of rotatable bonds is 2. The highest BCUT2D eigenvalue weighted by atomic mass is 32.2. The van der Waals surface area contributed by atoms with Gasteiger partial charge in [0, 0.05) is 12.3 Å². The predicted molar refractivity (Wildman–Crippen MR) is 64.6 cm³/mol. The molecule has 6 nitrogen and oxygen atoms in total. The summed E-state index contributed by atoms with van der Waals surface area (Å²) in [6.45, 7) is 1.66. The third-order valence-corrected chi connectivity index (χ3v) is 5.11. The Kier molecular flexibility index (Phi) is 2.81. The van der Waals surface area contributed by atoms with Crippen LogP contribution in [0.5, 0.6) is 0 Å². The average molecular weight is 271 g/mol. The quantitative estimate of drug-likeness (QED) is 0.822. The van der Waals surface area contributed by atoms with Crippen LogP contribution in [-0.4, -0.2) is 35.6 Å². The summed E-state index contributed by atoms with van der Waals surface area (Å²) in [5, 5.41) is 8.90. The van der Waals surface area contributed by atoms with Crippen LogP contribution in [0.15, 0.2) is 23.1 Å². The zero-order valence-electron chi connectivity index (χ0n) is 9.79. The predicted octanol–water partition coefficient (Wildman–Crippen LogP) is 0.0802. The summed E-state index contributed by atoms with van der Waals surface area (Å²) in [6, 6.07) is 2.37. The summed E-state index contributed by atoms with van der Waals surface area (Å²) in [4.78, 5) is 22.6. The first-order valence-electron chi connectivity index (χ1n) is 5.40. The number of carboxylic acid groups (broad SMARTS) is 1. The molecular weight excluding hydrogens is 258 g/mol. The first-order valence-corrected chi connectivity index (χ1v) is 7.23. The molecule has 1 fully saturated rings. The average Bonchev–Trinajstić information content (AvgIpc) is 2.54. The molecule has 2 heterocycles. The number of pyridine rings is 1. The maximum absolute atomic E-state index is 11.8. The summed E-state index contributed by atoms with van der Waals surface area (Å²) in [6.07, 6.45) is 1.53. The number of aromatic nitrogens is 1. The third kappa shape index (κ3) is 2.17. The minimum Gasteiger partial charge on any atom is -0.478 e. The molecule has 1 aromatic heterocycles. The Labute approximate surface area is 104 Å². The lowest BCUT2D eigenvalue weighted by Gasteiger charge is -2.25. The van der Waals surface area contributed by atoms with Crippen LogP contribution in [0.1, 0.15) is 23.7 Å². The topological polar surface area (TPSA) is 93.4 Å². The van der Waals surface area contributed by atoms with Gasteiger partial charge >= 0.3 is 5.97 Å². The molecule has 1 aliphatic rings. The Balaban J connectivity index is 2.55. The maximum atomic E-state index is 11.8. The van der Waals surface area contributed by atoms with Crippen LogP contribution in [0.2, 0.25) is 0 Å². The SMILES string of the molecule is CC1(n2cc(C(=O)O)ccc2=O)CCS(=O)(=O)C1. The van der Waals surface area contributed by atoms with Gasteiger partial charge in [0.05, 0.1) is 22.6 Å². The van der Waals surface area contributed by atoms with E-state index >= 15 is 0 Å². The second-order valence-corrected chi connectivity index (χ2v) is 6.95. The van der Waals surface area contributed by atoms with E-state index in [0.717, 1.165) is 6.07 Å². The Morgan fingerprint density at radius 3 is 2.61 bits per heavy atom. The fourth-order valence-corrected chi connectivity index (χ4v) is 4.34. The van der Waals surface area contributed by atoms with E-state index in [1.54, 1.807) is 6.92 Å². The number of carboxylic acids is 1. The molecule has 18 heavy (non-hydrogen) atoms. The van der Waals surface area contributed by atoms with Crippen molar-refractivity contribution >= 4 is 15.8 Å². The monoisotopic (exact) mass is 271 g/mol. The van der Waals surface area contributed by atoms with Gasteiger partial charge in [-0.1, -0.05) is 0 Å². The Hall–Kier alpha value is -1.63. The van der Waals surface area contributed by atoms with Crippen molar-refractivity contribution in [2.24, 2.45) is 0 Å². The molecular formula is C11H13NO5S. The van der Waals surface area contributed by atoms with E-state index in [0.29, 0.717) is 6.42 Å². The fraction of sp³-hybridized carbons (Fsp3) is 0.455. The van der Waals surface area contributed by atoms with Gasteiger partial charge in [-0.25, -0.2) is 13.2 Å². The minimum atomic E-state index is -3.16. The second-order valence-electron chi connectivity index (χ2n) is 4.77. The van der Waals surface area contributed by atoms with Crippen LogP contribution < -0.4 is 5.56 Å². The van der Waals surface area contributed by atoms with Gasteiger partial charge in [-0.2, -0.15) is 0 Å². The molecule has 2 rings (SSSR count). The molecule has 98 valence electrons. The highest BCUT2D eigenvalue weighted by Crippen LogP contribution is 2.29. The normalized spacial score (nSPS) is 26.1. The molecule has 1 atom stereocenters. The van der Waals surface area contributed by atoms with Crippen LogP contribution in [0, 0.1) is 0 Å². The van der Waals surface area contributed by atoms with Crippen molar-refractivity contribution in [3.05, 3.63) is 34.2 Å². The molecule has 1 N–H and O–H groups in total. The Morgan fingerprint density at radius 2 is 2.11 bits per heavy atom. The molecule has 0 aromatic carbocycles. The number of sulfone groups is 1. The van der Waals surface area contributed by atoms with Gasteiger partial charge in [0.15, 0.2) is 9.84 Å². The first-order chi connectivity index (χ1) is 8.23. The summed E-state index contributed by atoms with van der Waals surface area (Å²) in [7, 11) is -3.16. The summed E-state index contributed by atoms with van der Waals surface area (Å²) >= 11 is 0. The van der Waals surface area contributed by atoms with Crippen LogP contribution >= 0.6 is 0 Å². The van der Waals surface area contributed by atoms with Crippen LogP contribution in [0.3, 0.4) is 0 Å². The zero-order chi connectivity index (χ0) is 13.6. The lowest BCUT2D eigenvalue weighted by molar-refractivity contribution is 0.0695. The van der Waals surface area contributed by atoms with Gasteiger partial charge in [0.1, 0.15) is 0 Å². The van der Waals surface area contributed by atoms with Crippen molar-refractivity contribution in [2.45, 2.75) is 18.9 Å². The van der Waals surface area contributed by atoms with E-state index in [1.165, 1.54) is 16.8 Å². The minimum absolute atomic E-state index is 0.0211. The molecule has 0 radical (unpaired) electrons. The van der Waals surface area contributed by atoms with Gasteiger partial charge < -0.3 is 9.67 Å². The fourth-order valence-electron chi connectivity index (χ4n) is 2.22. The van der Waals surface area contributed by atoms with E-state index in [9.17, 15) is 18.0 Å². The van der Waals surface area contributed by atoms with Gasteiger partial charge in [0.25, 0.3) is 5.56 Å². The molecule has 1 saturated heterocycles. The largest absolute Gasteiger partial charge is 0.478 e. The van der Waals surface area contributed by atoms with Gasteiger partial charge in [-0.15, -0.1) is 0 Å². The van der Waals surface area contributed by atoms with Gasteiger partial charge in [-0.05, 0) is 19.4 Å². The van der Waals surface area contributed by atoms with E-state index in [1.807, 2.05) is 0 Å². The number of aromatic carboxylic acids is 1. The van der Waals surface area contributed by atoms with E-state index in [-0.39, 0.29) is 22.6 Å². The Bertz CT molecular complexity index is 660. The molecule has 0 aliphatic carbocycles. The van der Waals surface area contributed by atoms with Crippen molar-refractivity contribution in [3.8, 4) is 0 Å². The molecule has 1 aromatic rings. The van der Waals surface area contributed by atoms with Crippen LogP contribution in [0.4, 0.5) is 0 Å². The number of hydrogen-bond donors (Lipinski definition) is 1. The van der Waals surface area contributed by atoms with Gasteiger partial charge in [-0.3, -0.25) is 4.79 Å². The molecule has 0 amide bonds. The van der Waals surface area contributed by atoms with Crippen molar-refractivity contribution in [2.75, 3.05) is 11.5 Å². The smallest absolute Gasteiger partial charge is 0.337 e. The summed E-state index contributed by atoms with van der Waals surface area (Å²) < 4.78 is 24.3. The van der Waals surface area contributed by atoms with E-state index < -0.39 is 21.3 Å². The van der Waals surface area contributed by atoms with Crippen molar-refractivity contribution < 1.29 is 18.3 Å². The number of nitrogens with zero attached hydrogens (tertiary/aromatic N) is 1. The van der Waals surface area contributed by atoms with Gasteiger partial charge in [0.2, 0.25) is 0 Å². The lowest BCUT2D eigenvalue weighted by atomic mass is 10.0. The van der Waals surface area contributed by atoms with Crippen LogP contribution in [0.25, 0.3) is 0 Å². The third-order valence-electron chi connectivity index (χ3n) is 3.22. The summed E-state index contributed by atoms with van der Waals surface area (Å²) in [5.41, 5.74) is -1.28.